The number of aromatic nitrogens is 3. The maximum Gasteiger partial charge on any atom is 0.291 e. The van der Waals surface area contributed by atoms with E-state index in [9.17, 15) is 4.79 Å². The zero-order valence-electron chi connectivity index (χ0n) is 12.6. The van der Waals surface area contributed by atoms with Crippen molar-refractivity contribution < 1.29 is 4.79 Å². The highest BCUT2D eigenvalue weighted by Crippen LogP contribution is 2.28. The standard InChI is InChI=1S/C15H17Cl2N5O/c1-9-19-14(15(23)20-10-5-7-18-8-6-10)21-22(9)13-11(16)3-2-4-12(13)17/h2-4,10,18H,5-8H2,1H3,(H,20,23). The molecular formula is C15H17Cl2N5O. The molecule has 122 valence electrons. The van der Waals surface area contributed by atoms with Crippen LogP contribution in [-0.4, -0.2) is 39.8 Å². The molecule has 6 nitrogen and oxygen atoms in total. The molecule has 0 radical (unpaired) electrons. The number of hydrogen-bond acceptors (Lipinski definition) is 4. The van der Waals surface area contributed by atoms with Crippen LogP contribution in [0, 0.1) is 6.92 Å². The van der Waals surface area contributed by atoms with Crippen molar-refractivity contribution in [1.29, 1.82) is 0 Å². The molecule has 0 spiro atoms. The van der Waals surface area contributed by atoms with E-state index >= 15 is 0 Å². The fourth-order valence-electron chi connectivity index (χ4n) is 2.61. The Morgan fingerprint density at radius 3 is 2.61 bits per heavy atom. The van der Waals surface area contributed by atoms with Crippen LogP contribution in [-0.2, 0) is 0 Å². The molecule has 0 bridgehead atoms. The summed E-state index contributed by atoms with van der Waals surface area (Å²) in [5.41, 5.74) is 0.529. The largest absolute Gasteiger partial charge is 0.346 e. The molecule has 1 saturated heterocycles. The topological polar surface area (TPSA) is 71.8 Å². The summed E-state index contributed by atoms with van der Waals surface area (Å²) in [6.07, 6.45) is 1.81. The fraction of sp³-hybridized carbons (Fsp3) is 0.400. The van der Waals surface area contributed by atoms with Crippen LogP contribution in [0.2, 0.25) is 10.0 Å². The van der Waals surface area contributed by atoms with Crippen molar-refractivity contribution in [2.24, 2.45) is 0 Å². The lowest BCUT2D eigenvalue weighted by molar-refractivity contribution is 0.0919. The van der Waals surface area contributed by atoms with Gasteiger partial charge in [0.2, 0.25) is 5.82 Å². The second-order valence-corrected chi connectivity index (χ2v) is 6.28. The van der Waals surface area contributed by atoms with Crippen LogP contribution in [0.4, 0.5) is 0 Å². The van der Waals surface area contributed by atoms with Gasteiger partial charge in [0, 0.05) is 6.04 Å². The SMILES string of the molecule is Cc1nc(C(=O)NC2CCNCC2)nn1-c1c(Cl)cccc1Cl. The predicted molar refractivity (Wildman–Crippen MR) is 89.5 cm³/mol. The lowest BCUT2D eigenvalue weighted by Gasteiger charge is -2.22. The molecule has 0 saturated carbocycles. The fourth-order valence-corrected chi connectivity index (χ4v) is 3.16. The molecule has 8 heteroatoms. The van der Waals surface area contributed by atoms with Crippen molar-refractivity contribution in [3.8, 4) is 5.69 Å². The van der Waals surface area contributed by atoms with E-state index in [2.05, 4.69) is 20.7 Å². The Morgan fingerprint density at radius 1 is 1.30 bits per heavy atom. The molecule has 0 unspecified atom stereocenters. The maximum absolute atomic E-state index is 12.3. The van der Waals surface area contributed by atoms with Crippen LogP contribution in [0.25, 0.3) is 5.69 Å². The van der Waals surface area contributed by atoms with Crippen molar-refractivity contribution >= 4 is 29.1 Å². The van der Waals surface area contributed by atoms with Crippen LogP contribution in [0.5, 0.6) is 0 Å². The molecule has 0 atom stereocenters. The van der Waals surface area contributed by atoms with Gasteiger partial charge in [-0.05, 0) is 45.0 Å². The van der Waals surface area contributed by atoms with Gasteiger partial charge >= 0.3 is 0 Å². The zero-order valence-corrected chi connectivity index (χ0v) is 14.2. The molecule has 1 amide bonds. The highest BCUT2D eigenvalue weighted by molar-refractivity contribution is 6.37. The molecule has 2 heterocycles. The Kier molecular flexibility index (Phi) is 4.84. The lowest BCUT2D eigenvalue weighted by Crippen LogP contribution is -2.43. The van der Waals surface area contributed by atoms with Crippen molar-refractivity contribution in [2.45, 2.75) is 25.8 Å². The summed E-state index contributed by atoms with van der Waals surface area (Å²) in [6.45, 7) is 3.57. The molecule has 2 aromatic rings. The van der Waals surface area contributed by atoms with Crippen LogP contribution in [0.15, 0.2) is 18.2 Å². The van der Waals surface area contributed by atoms with Gasteiger partial charge in [-0.2, -0.15) is 0 Å². The van der Waals surface area contributed by atoms with Crippen LogP contribution in [0.1, 0.15) is 29.3 Å². The van der Waals surface area contributed by atoms with E-state index in [1.807, 2.05) is 0 Å². The summed E-state index contributed by atoms with van der Waals surface area (Å²) >= 11 is 12.4. The first-order valence-electron chi connectivity index (χ1n) is 7.46. The lowest BCUT2D eigenvalue weighted by atomic mass is 10.1. The maximum atomic E-state index is 12.3. The van der Waals surface area contributed by atoms with E-state index in [0.29, 0.717) is 21.6 Å². The first kappa shape index (κ1) is 16.2. The minimum absolute atomic E-state index is 0.122. The van der Waals surface area contributed by atoms with Gasteiger partial charge < -0.3 is 10.6 Å². The number of carbonyl (C=O) groups is 1. The number of para-hydroxylation sites is 1. The number of hydrogen-bond donors (Lipinski definition) is 2. The normalized spacial score (nSPS) is 15.6. The molecular weight excluding hydrogens is 337 g/mol. The predicted octanol–water partition coefficient (Wildman–Crippen LogP) is 2.36. The summed E-state index contributed by atoms with van der Waals surface area (Å²) in [5.74, 6) is 0.398. The minimum Gasteiger partial charge on any atom is -0.346 e. The van der Waals surface area contributed by atoms with E-state index in [0.717, 1.165) is 25.9 Å². The van der Waals surface area contributed by atoms with E-state index in [1.165, 1.54) is 4.68 Å². The zero-order chi connectivity index (χ0) is 16.4. The van der Waals surface area contributed by atoms with Gasteiger partial charge in [0.15, 0.2) is 0 Å². The van der Waals surface area contributed by atoms with Crippen molar-refractivity contribution in [2.75, 3.05) is 13.1 Å². The first-order chi connectivity index (χ1) is 11.1. The minimum atomic E-state index is -0.276. The Bertz CT molecular complexity index is 704. The summed E-state index contributed by atoms with van der Waals surface area (Å²) in [6, 6.07) is 5.35. The van der Waals surface area contributed by atoms with Gasteiger partial charge in [-0.1, -0.05) is 29.3 Å². The first-order valence-corrected chi connectivity index (χ1v) is 8.21. The Morgan fingerprint density at radius 2 is 1.96 bits per heavy atom. The number of amides is 1. The smallest absolute Gasteiger partial charge is 0.291 e. The third-order valence-corrected chi connectivity index (χ3v) is 4.41. The van der Waals surface area contributed by atoms with Gasteiger partial charge in [0.25, 0.3) is 5.91 Å². The molecule has 1 aromatic heterocycles. The quantitative estimate of drug-likeness (QED) is 0.888. The van der Waals surface area contributed by atoms with E-state index in [4.69, 9.17) is 23.2 Å². The molecule has 23 heavy (non-hydrogen) atoms. The average Bonchev–Trinajstić information content (AvgIpc) is 2.90. The van der Waals surface area contributed by atoms with Crippen LogP contribution >= 0.6 is 23.2 Å². The number of halogens is 2. The van der Waals surface area contributed by atoms with Gasteiger partial charge in [0.1, 0.15) is 11.5 Å². The van der Waals surface area contributed by atoms with E-state index < -0.39 is 0 Å². The molecule has 1 aliphatic heterocycles. The second-order valence-electron chi connectivity index (χ2n) is 5.46. The average molecular weight is 354 g/mol. The van der Waals surface area contributed by atoms with Gasteiger partial charge in [-0.25, -0.2) is 9.67 Å². The van der Waals surface area contributed by atoms with Crippen LogP contribution < -0.4 is 10.6 Å². The number of nitrogens with zero attached hydrogens (tertiary/aromatic N) is 3. The number of rotatable bonds is 3. The Labute approximate surface area is 144 Å². The van der Waals surface area contributed by atoms with E-state index in [-0.39, 0.29) is 17.8 Å². The summed E-state index contributed by atoms with van der Waals surface area (Å²) < 4.78 is 1.50. The molecule has 1 aliphatic rings. The summed E-state index contributed by atoms with van der Waals surface area (Å²) in [7, 11) is 0. The molecule has 0 aliphatic carbocycles. The number of aryl methyl sites for hydroxylation is 1. The third-order valence-electron chi connectivity index (χ3n) is 3.80. The third kappa shape index (κ3) is 3.49. The highest BCUT2D eigenvalue weighted by atomic mass is 35.5. The number of piperidine rings is 1. The second kappa shape index (κ2) is 6.86. The van der Waals surface area contributed by atoms with Crippen molar-refractivity contribution in [3.05, 3.63) is 39.9 Å². The number of carbonyl (C=O) groups excluding carboxylic acids is 1. The number of benzene rings is 1. The number of nitrogens with one attached hydrogen (secondary N) is 2. The van der Waals surface area contributed by atoms with Crippen LogP contribution in [0.3, 0.4) is 0 Å². The Hall–Kier alpha value is -1.63. The molecule has 2 N–H and O–H groups in total. The molecule has 1 fully saturated rings. The van der Waals surface area contributed by atoms with Gasteiger partial charge in [0.05, 0.1) is 10.0 Å². The summed E-state index contributed by atoms with van der Waals surface area (Å²) in [4.78, 5) is 16.6. The van der Waals surface area contributed by atoms with Crippen molar-refractivity contribution in [1.82, 2.24) is 25.4 Å². The molecule has 1 aromatic carbocycles. The Balaban J connectivity index is 1.84. The summed E-state index contributed by atoms with van der Waals surface area (Å²) in [5, 5.41) is 11.4. The van der Waals surface area contributed by atoms with Gasteiger partial charge in [-0.3, -0.25) is 4.79 Å². The monoisotopic (exact) mass is 353 g/mol. The molecule has 3 rings (SSSR count). The van der Waals surface area contributed by atoms with E-state index in [1.54, 1.807) is 25.1 Å². The van der Waals surface area contributed by atoms with Crippen molar-refractivity contribution in [3.63, 3.8) is 0 Å². The highest BCUT2D eigenvalue weighted by Gasteiger charge is 2.21. The van der Waals surface area contributed by atoms with Gasteiger partial charge in [-0.15, -0.1) is 5.10 Å².